The Hall–Kier alpha value is -2.55. The number of carbonyl (C=O) groups is 3. The molecule has 2 aliphatic heterocycles. The minimum Gasteiger partial charge on any atom is -0.454 e. The normalized spacial score (nSPS) is 17.4. The first kappa shape index (κ1) is 22.1. The number of nitrogens with one attached hydrogen (secondary N) is 2. The molecule has 30 heavy (non-hydrogen) atoms. The minimum absolute atomic E-state index is 0.0815. The van der Waals surface area contributed by atoms with Gasteiger partial charge in [-0.15, -0.1) is 0 Å². The van der Waals surface area contributed by atoms with Crippen LogP contribution in [0.1, 0.15) is 55.8 Å². The summed E-state index contributed by atoms with van der Waals surface area (Å²) in [6.07, 6.45) is 3.32. The smallest absolute Gasteiger partial charge is 0.319 e. The van der Waals surface area contributed by atoms with E-state index in [1.165, 1.54) is 0 Å². The quantitative estimate of drug-likeness (QED) is 0.686. The Morgan fingerprint density at radius 1 is 1.00 bits per heavy atom. The fourth-order valence-electron chi connectivity index (χ4n) is 3.98. The van der Waals surface area contributed by atoms with Gasteiger partial charge in [0.05, 0.1) is 6.54 Å². The van der Waals surface area contributed by atoms with Gasteiger partial charge in [0, 0.05) is 32.1 Å². The summed E-state index contributed by atoms with van der Waals surface area (Å²) in [6, 6.07) is 3.48. The molecule has 0 radical (unpaired) electrons. The Morgan fingerprint density at radius 3 is 2.27 bits per heavy atom. The molecule has 2 aliphatic rings. The van der Waals surface area contributed by atoms with Crippen LogP contribution in [0, 0.1) is 5.92 Å². The van der Waals surface area contributed by atoms with Gasteiger partial charge in [0.15, 0.2) is 5.76 Å². The molecule has 0 bridgehead atoms. The highest BCUT2D eigenvalue weighted by Gasteiger charge is 2.30. The Labute approximate surface area is 177 Å². The molecular formula is C21H33N5O4. The first-order valence-corrected chi connectivity index (χ1v) is 11.0. The molecule has 0 aromatic carbocycles. The second kappa shape index (κ2) is 10.5. The SMILES string of the molecule is CCN(CC)Cc1ccc(C(=O)NNC(=O)C2CCN(C(=O)N3CCCC3)CC2)o1. The van der Waals surface area contributed by atoms with E-state index >= 15 is 0 Å². The highest BCUT2D eigenvalue weighted by molar-refractivity contribution is 5.93. The van der Waals surface area contributed by atoms with Crippen LogP contribution >= 0.6 is 0 Å². The minimum atomic E-state index is -0.476. The van der Waals surface area contributed by atoms with Crippen molar-refractivity contribution in [2.24, 2.45) is 5.92 Å². The monoisotopic (exact) mass is 419 g/mol. The van der Waals surface area contributed by atoms with Gasteiger partial charge in [-0.2, -0.15) is 0 Å². The fraction of sp³-hybridized carbons (Fsp3) is 0.667. The molecular weight excluding hydrogens is 386 g/mol. The average Bonchev–Trinajstić information content (AvgIpc) is 3.47. The van der Waals surface area contributed by atoms with E-state index in [2.05, 4.69) is 29.6 Å². The summed E-state index contributed by atoms with van der Waals surface area (Å²) >= 11 is 0. The van der Waals surface area contributed by atoms with E-state index < -0.39 is 5.91 Å². The third-order valence-corrected chi connectivity index (χ3v) is 5.97. The molecule has 0 aliphatic carbocycles. The average molecular weight is 420 g/mol. The Balaban J connectivity index is 1.41. The molecule has 0 atom stereocenters. The topological polar surface area (TPSA) is 98.1 Å². The number of rotatable bonds is 6. The fourth-order valence-corrected chi connectivity index (χ4v) is 3.98. The van der Waals surface area contributed by atoms with Gasteiger partial charge in [0.1, 0.15) is 5.76 Å². The van der Waals surface area contributed by atoms with Crippen molar-refractivity contribution < 1.29 is 18.8 Å². The van der Waals surface area contributed by atoms with Crippen LogP contribution in [0.15, 0.2) is 16.5 Å². The number of amides is 4. The molecule has 166 valence electrons. The van der Waals surface area contributed by atoms with Crippen LogP contribution in [0.2, 0.25) is 0 Å². The number of hydrogen-bond acceptors (Lipinski definition) is 5. The van der Waals surface area contributed by atoms with Crippen LogP contribution < -0.4 is 10.9 Å². The van der Waals surface area contributed by atoms with E-state index in [1.54, 1.807) is 12.1 Å². The molecule has 3 heterocycles. The van der Waals surface area contributed by atoms with Crippen LogP contribution in [0.3, 0.4) is 0 Å². The number of hydrazine groups is 1. The van der Waals surface area contributed by atoms with Crippen LogP contribution in [0.5, 0.6) is 0 Å². The van der Waals surface area contributed by atoms with Gasteiger partial charge in [0.25, 0.3) is 0 Å². The second-order valence-electron chi connectivity index (χ2n) is 7.91. The molecule has 0 unspecified atom stereocenters. The van der Waals surface area contributed by atoms with E-state index in [-0.39, 0.29) is 23.6 Å². The van der Waals surface area contributed by atoms with Crippen molar-refractivity contribution in [2.75, 3.05) is 39.3 Å². The zero-order valence-electron chi connectivity index (χ0n) is 18.0. The maximum absolute atomic E-state index is 12.4. The summed E-state index contributed by atoms with van der Waals surface area (Å²) < 4.78 is 5.59. The van der Waals surface area contributed by atoms with E-state index in [4.69, 9.17) is 4.42 Å². The van der Waals surface area contributed by atoms with E-state index in [0.29, 0.717) is 38.2 Å². The molecule has 4 amide bonds. The first-order valence-electron chi connectivity index (χ1n) is 11.0. The molecule has 3 rings (SSSR count). The number of carbonyl (C=O) groups excluding carboxylic acids is 3. The molecule has 2 N–H and O–H groups in total. The number of nitrogens with zero attached hydrogens (tertiary/aromatic N) is 3. The highest BCUT2D eigenvalue weighted by Crippen LogP contribution is 2.20. The van der Waals surface area contributed by atoms with Crippen molar-refractivity contribution in [1.82, 2.24) is 25.6 Å². The number of likely N-dealkylation sites (tertiary alicyclic amines) is 2. The maximum atomic E-state index is 12.4. The summed E-state index contributed by atoms with van der Waals surface area (Å²) in [6.45, 7) is 9.37. The predicted octanol–water partition coefficient (Wildman–Crippen LogP) is 1.81. The van der Waals surface area contributed by atoms with Crippen molar-refractivity contribution in [1.29, 1.82) is 0 Å². The first-order chi connectivity index (χ1) is 14.5. The van der Waals surface area contributed by atoms with Crippen LogP contribution in [0.4, 0.5) is 4.79 Å². The third kappa shape index (κ3) is 5.53. The molecule has 1 aromatic rings. The van der Waals surface area contributed by atoms with Gasteiger partial charge in [-0.1, -0.05) is 13.8 Å². The number of furan rings is 1. The van der Waals surface area contributed by atoms with Gasteiger partial charge >= 0.3 is 11.9 Å². The van der Waals surface area contributed by atoms with E-state index in [1.807, 2.05) is 9.80 Å². The lowest BCUT2D eigenvalue weighted by Gasteiger charge is -2.33. The molecule has 0 spiro atoms. The lowest BCUT2D eigenvalue weighted by Crippen LogP contribution is -2.50. The summed E-state index contributed by atoms with van der Waals surface area (Å²) in [5.41, 5.74) is 4.93. The largest absolute Gasteiger partial charge is 0.454 e. The van der Waals surface area contributed by atoms with Crippen LogP contribution in [-0.4, -0.2) is 71.8 Å². The van der Waals surface area contributed by atoms with E-state index in [0.717, 1.165) is 39.0 Å². The van der Waals surface area contributed by atoms with Gasteiger partial charge in [-0.05, 0) is 50.9 Å². The van der Waals surface area contributed by atoms with Crippen LogP contribution in [0.25, 0.3) is 0 Å². The van der Waals surface area contributed by atoms with Gasteiger partial charge in [0.2, 0.25) is 5.91 Å². The number of piperidine rings is 1. The van der Waals surface area contributed by atoms with Crippen molar-refractivity contribution in [3.05, 3.63) is 23.7 Å². The molecule has 2 saturated heterocycles. The lowest BCUT2D eigenvalue weighted by molar-refractivity contribution is -0.127. The predicted molar refractivity (Wildman–Crippen MR) is 111 cm³/mol. The van der Waals surface area contributed by atoms with Crippen molar-refractivity contribution in [3.63, 3.8) is 0 Å². The van der Waals surface area contributed by atoms with Crippen LogP contribution in [-0.2, 0) is 11.3 Å². The molecule has 9 heteroatoms. The third-order valence-electron chi connectivity index (χ3n) is 5.97. The lowest BCUT2D eigenvalue weighted by atomic mass is 9.96. The molecule has 2 fully saturated rings. The summed E-state index contributed by atoms with van der Waals surface area (Å²) in [4.78, 5) is 43.0. The number of hydrogen-bond donors (Lipinski definition) is 2. The molecule has 1 aromatic heterocycles. The summed E-state index contributed by atoms with van der Waals surface area (Å²) in [5.74, 6) is -0.0428. The van der Waals surface area contributed by atoms with Gasteiger partial charge in [-0.3, -0.25) is 25.3 Å². The maximum Gasteiger partial charge on any atom is 0.319 e. The van der Waals surface area contributed by atoms with Crippen molar-refractivity contribution in [3.8, 4) is 0 Å². The second-order valence-corrected chi connectivity index (χ2v) is 7.91. The standard InChI is InChI=1S/C21H33N5O4/c1-3-24(4-2)15-17-7-8-18(30-17)20(28)23-22-19(27)16-9-13-26(14-10-16)21(29)25-11-5-6-12-25/h7-8,16H,3-6,9-15H2,1-2H3,(H,22,27)(H,23,28). The number of urea groups is 1. The Bertz CT molecular complexity index is 732. The molecule has 9 nitrogen and oxygen atoms in total. The van der Waals surface area contributed by atoms with Gasteiger partial charge in [-0.25, -0.2) is 4.79 Å². The zero-order valence-corrected chi connectivity index (χ0v) is 18.0. The zero-order chi connectivity index (χ0) is 21.5. The summed E-state index contributed by atoms with van der Waals surface area (Å²) in [5, 5.41) is 0. The molecule has 0 saturated carbocycles. The highest BCUT2D eigenvalue weighted by atomic mass is 16.4. The van der Waals surface area contributed by atoms with Gasteiger partial charge < -0.3 is 14.2 Å². The van der Waals surface area contributed by atoms with Crippen molar-refractivity contribution in [2.45, 2.75) is 46.1 Å². The van der Waals surface area contributed by atoms with Crippen molar-refractivity contribution >= 4 is 17.8 Å². The Morgan fingerprint density at radius 2 is 1.63 bits per heavy atom. The summed E-state index contributed by atoms with van der Waals surface area (Å²) in [7, 11) is 0. The van der Waals surface area contributed by atoms with E-state index in [9.17, 15) is 14.4 Å². The Kier molecular flexibility index (Phi) is 7.73.